The molecule has 5 rings (SSSR count). The highest BCUT2D eigenvalue weighted by Gasteiger charge is 2.43. The highest BCUT2D eigenvalue weighted by molar-refractivity contribution is 6.07. The second-order valence-corrected chi connectivity index (χ2v) is 6.56. The van der Waals surface area contributed by atoms with Crippen molar-refractivity contribution < 1.29 is 27.5 Å². The van der Waals surface area contributed by atoms with Crippen molar-refractivity contribution in [2.45, 2.75) is 19.1 Å². The molecule has 0 N–H and O–H groups in total. The standard InChI is InChI=1S/C21H13F2NO4/c22-21(23)27-17-6-2-12(9-19(17)28-21)1-5-16(25)13-3-4-14-15-7-8-24-11-20(15)26-18(14)10-13/h2-4,6-11H,1,5H2. The summed E-state index contributed by atoms with van der Waals surface area (Å²) in [5, 5.41) is 1.87. The summed E-state index contributed by atoms with van der Waals surface area (Å²) in [4.78, 5) is 16.6. The molecule has 0 saturated heterocycles. The third-order valence-electron chi connectivity index (χ3n) is 4.70. The first-order chi connectivity index (χ1) is 13.5. The number of ether oxygens (including phenoxy) is 2. The van der Waals surface area contributed by atoms with Gasteiger partial charge in [-0.15, -0.1) is 8.78 Å². The smallest absolute Gasteiger partial charge is 0.454 e. The van der Waals surface area contributed by atoms with Gasteiger partial charge in [-0.1, -0.05) is 12.1 Å². The monoisotopic (exact) mass is 381 g/mol. The second kappa shape index (κ2) is 6.02. The van der Waals surface area contributed by atoms with Gasteiger partial charge in [0.1, 0.15) is 5.58 Å². The number of hydrogen-bond donors (Lipinski definition) is 0. The largest absolute Gasteiger partial charge is 0.586 e. The number of hydrogen-bond acceptors (Lipinski definition) is 5. The minimum absolute atomic E-state index is 0.00935. The molecule has 0 amide bonds. The van der Waals surface area contributed by atoms with Crippen LogP contribution in [-0.4, -0.2) is 17.1 Å². The van der Waals surface area contributed by atoms with Crippen molar-refractivity contribution in [2.24, 2.45) is 0 Å². The summed E-state index contributed by atoms with van der Waals surface area (Å²) >= 11 is 0. The van der Waals surface area contributed by atoms with Crippen molar-refractivity contribution >= 4 is 27.7 Å². The lowest BCUT2D eigenvalue weighted by Crippen LogP contribution is -2.25. The molecule has 3 heterocycles. The Hall–Kier alpha value is -3.48. The molecule has 0 aliphatic carbocycles. The number of ketones is 1. The van der Waals surface area contributed by atoms with Crippen molar-refractivity contribution in [2.75, 3.05) is 0 Å². The zero-order valence-electron chi connectivity index (χ0n) is 14.4. The van der Waals surface area contributed by atoms with E-state index in [9.17, 15) is 13.6 Å². The Morgan fingerprint density at radius 3 is 2.68 bits per heavy atom. The maximum Gasteiger partial charge on any atom is 0.586 e. The van der Waals surface area contributed by atoms with E-state index >= 15 is 0 Å². The van der Waals surface area contributed by atoms with Gasteiger partial charge in [0, 0.05) is 29.0 Å². The quantitative estimate of drug-likeness (QED) is 0.459. The Morgan fingerprint density at radius 2 is 1.79 bits per heavy atom. The van der Waals surface area contributed by atoms with Crippen LogP contribution in [0.15, 0.2) is 59.3 Å². The van der Waals surface area contributed by atoms with Crippen LogP contribution in [-0.2, 0) is 6.42 Å². The van der Waals surface area contributed by atoms with Crippen LogP contribution in [0.25, 0.3) is 21.9 Å². The highest BCUT2D eigenvalue weighted by Crippen LogP contribution is 2.41. The molecule has 0 fully saturated rings. The molecule has 0 radical (unpaired) electrons. The Bertz CT molecular complexity index is 1230. The van der Waals surface area contributed by atoms with E-state index in [1.165, 1.54) is 12.1 Å². The van der Waals surface area contributed by atoms with Crippen LogP contribution in [0.5, 0.6) is 11.5 Å². The number of alkyl halides is 2. The lowest BCUT2D eigenvalue weighted by molar-refractivity contribution is -0.286. The molecular weight excluding hydrogens is 368 g/mol. The van der Waals surface area contributed by atoms with Crippen molar-refractivity contribution in [1.82, 2.24) is 4.98 Å². The van der Waals surface area contributed by atoms with E-state index in [0.717, 1.165) is 10.8 Å². The molecular formula is C21H13F2NO4. The number of halogens is 2. The summed E-state index contributed by atoms with van der Waals surface area (Å²) in [5.74, 6) is -0.0966. The first-order valence-corrected chi connectivity index (χ1v) is 8.67. The maximum atomic E-state index is 13.1. The molecule has 0 bridgehead atoms. The number of nitrogens with zero attached hydrogens (tertiary/aromatic N) is 1. The molecule has 2 aromatic heterocycles. The normalized spacial score (nSPS) is 14.6. The number of carbonyl (C=O) groups is 1. The summed E-state index contributed by atoms with van der Waals surface area (Å²) in [5.41, 5.74) is 2.54. The van der Waals surface area contributed by atoms with Crippen LogP contribution in [0.2, 0.25) is 0 Å². The van der Waals surface area contributed by atoms with E-state index in [-0.39, 0.29) is 23.7 Å². The molecule has 1 aliphatic heterocycles. The molecule has 140 valence electrons. The van der Waals surface area contributed by atoms with E-state index in [4.69, 9.17) is 4.42 Å². The van der Waals surface area contributed by atoms with Gasteiger partial charge in [-0.3, -0.25) is 9.78 Å². The van der Waals surface area contributed by atoms with Gasteiger partial charge in [-0.25, -0.2) is 0 Å². The van der Waals surface area contributed by atoms with Gasteiger partial charge in [0.25, 0.3) is 0 Å². The fourth-order valence-corrected chi connectivity index (χ4v) is 3.36. The van der Waals surface area contributed by atoms with Crippen LogP contribution >= 0.6 is 0 Å². The third kappa shape index (κ3) is 2.85. The van der Waals surface area contributed by atoms with Gasteiger partial charge in [0.05, 0.1) is 6.20 Å². The average molecular weight is 381 g/mol. The predicted octanol–water partition coefficient (Wildman–Crippen LogP) is 5.12. The predicted molar refractivity (Wildman–Crippen MR) is 96.8 cm³/mol. The van der Waals surface area contributed by atoms with Crippen molar-refractivity contribution in [3.8, 4) is 11.5 Å². The van der Waals surface area contributed by atoms with Crippen LogP contribution in [0.3, 0.4) is 0 Å². The number of fused-ring (bicyclic) bond motifs is 4. The summed E-state index contributed by atoms with van der Waals surface area (Å²) in [7, 11) is 0. The molecule has 0 spiro atoms. The number of benzene rings is 2. The number of aromatic nitrogens is 1. The van der Waals surface area contributed by atoms with Crippen molar-refractivity contribution in [3.05, 3.63) is 66.0 Å². The van der Waals surface area contributed by atoms with Gasteiger partial charge in [0.15, 0.2) is 22.9 Å². The fraction of sp³-hybridized carbons (Fsp3) is 0.143. The summed E-state index contributed by atoms with van der Waals surface area (Å²) in [6.07, 6.45) is 0.304. The molecule has 0 unspecified atom stereocenters. The SMILES string of the molecule is O=C(CCc1ccc2c(c1)OC(F)(F)O2)c1ccc2c(c1)oc1cnccc12. The van der Waals surface area contributed by atoms with Gasteiger partial charge in [-0.05, 0) is 42.3 Å². The van der Waals surface area contributed by atoms with Gasteiger partial charge < -0.3 is 13.9 Å². The number of Topliss-reactive ketones (excluding diaryl/α,β-unsaturated/α-hetero) is 1. The number of rotatable bonds is 4. The first-order valence-electron chi connectivity index (χ1n) is 8.67. The Balaban J connectivity index is 1.34. The molecule has 0 saturated carbocycles. The van der Waals surface area contributed by atoms with Crippen LogP contribution in [0.1, 0.15) is 22.3 Å². The molecule has 1 aliphatic rings. The number of furan rings is 1. The third-order valence-corrected chi connectivity index (χ3v) is 4.70. The topological polar surface area (TPSA) is 61.6 Å². The lowest BCUT2D eigenvalue weighted by Gasteiger charge is -2.04. The van der Waals surface area contributed by atoms with Crippen LogP contribution in [0.4, 0.5) is 8.78 Å². The van der Waals surface area contributed by atoms with Crippen LogP contribution in [0, 0.1) is 0 Å². The van der Waals surface area contributed by atoms with Gasteiger partial charge in [0.2, 0.25) is 0 Å². The molecule has 4 aromatic rings. The maximum absolute atomic E-state index is 13.1. The number of aryl methyl sites for hydroxylation is 1. The Kier molecular flexibility index (Phi) is 3.58. The number of carbonyl (C=O) groups excluding carboxylic acids is 1. The molecule has 5 nitrogen and oxygen atoms in total. The zero-order chi connectivity index (χ0) is 19.3. The highest BCUT2D eigenvalue weighted by atomic mass is 19.3. The van der Waals surface area contributed by atoms with E-state index in [1.54, 1.807) is 30.6 Å². The van der Waals surface area contributed by atoms with Crippen molar-refractivity contribution in [3.63, 3.8) is 0 Å². The second-order valence-electron chi connectivity index (χ2n) is 6.56. The number of pyridine rings is 1. The Labute approximate surface area is 157 Å². The first kappa shape index (κ1) is 16.7. The van der Waals surface area contributed by atoms with E-state index in [0.29, 0.717) is 28.7 Å². The summed E-state index contributed by atoms with van der Waals surface area (Å²) < 4.78 is 40.8. The minimum Gasteiger partial charge on any atom is -0.454 e. The van der Waals surface area contributed by atoms with Crippen molar-refractivity contribution in [1.29, 1.82) is 0 Å². The van der Waals surface area contributed by atoms with E-state index in [2.05, 4.69) is 14.5 Å². The average Bonchev–Trinajstić information content (AvgIpc) is 3.20. The summed E-state index contributed by atoms with van der Waals surface area (Å²) in [6, 6.07) is 11.7. The molecule has 0 atom stereocenters. The van der Waals surface area contributed by atoms with Crippen LogP contribution < -0.4 is 9.47 Å². The van der Waals surface area contributed by atoms with E-state index < -0.39 is 6.29 Å². The molecule has 2 aromatic carbocycles. The molecule has 7 heteroatoms. The lowest BCUT2D eigenvalue weighted by atomic mass is 10.0. The zero-order valence-corrected chi connectivity index (χ0v) is 14.4. The van der Waals surface area contributed by atoms with Gasteiger partial charge >= 0.3 is 6.29 Å². The Morgan fingerprint density at radius 1 is 0.964 bits per heavy atom. The minimum atomic E-state index is -3.64. The summed E-state index contributed by atoms with van der Waals surface area (Å²) in [6.45, 7) is 0. The molecule has 28 heavy (non-hydrogen) atoms. The fourth-order valence-electron chi connectivity index (χ4n) is 3.36. The van der Waals surface area contributed by atoms with E-state index in [1.807, 2.05) is 12.1 Å². The van der Waals surface area contributed by atoms with Gasteiger partial charge in [-0.2, -0.15) is 0 Å².